The normalized spacial score (nSPS) is 11.9. The smallest absolute Gasteiger partial charge is 0.252 e. The molecule has 84 valence electrons. The third-order valence-corrected chi connectivity index (χ3v) is 2.70. The molecule has 3 heteroatoms. The molecule has 3 nitrogen and oxygen atoms in total. The van der Waals surface area contributed by atoms with Crippen LogP contribution in [0.5, 0.6) is 0 Å². The Kier molecular flexibility index (Phi) is 2.26. The fourth-order valence-corrected chi connectivity index (χ4v) is 1.69. The Labute approximate surface area is 94.2 Å². The highest BCUT2D eigenvalue weighted by atomic mass is 16.3. The summed E-state index contributed by atoms with van der Waals surface area (Å²) in [5.41, 5.74) is 7.62. The Morgan fingerprint density at radius 3 is 2.56 bits per heavy atom. The number of amides is 1. The van der Waals surface area contributed by atoms with E-state index in [1.54, 1.807) is 0 Å². The fraction of sp³-hybridized carbons (Fsp3) is 0.308. The van der Waals surface area contributed by atoms with Crippen molar-refractivity contribution in [3.05, 3.63) is 35.6 Å². The number of rotatable bonds is 1. The van der Waals surface area contributed by atoms with Crippen LogP contribution in [0.15, 0.2) is 28.9 Å². The van der Waals surface area contributed by atoms with Gasteiger partial charge < -0.3 is 10.2 Å². The molecule has 0 fully saturated rings. The summed E-state index contributed by atoms with van der Waals surface area (Å²) in [6.45, 7) is 6.37. The lowest BCUT2D eigenvalue weighted by Crippen LogP contribution is -2.12. The molecule has 0 aliphatic rings. The largest absolute Gasteiger partial charge is 0.463 e. The van der Waals surface area contributed by atoms with Gasteiger partial charge in [-0.2, -0.15) is 0 Å². The molecule has 2 N–H and O–H groups in total. The molecule has 0 bridgehead atoms. The highest BCUT2D eigenvalue weighted by Crippen LogP contribution is 2.28. The van der Waals surface area contributed by atoms with Crippen molar-refractivity contribution >= 4 is 16.9 Å². The zero-order valence-electron chi connectivity index (χ0n) is 9.70. The molecule has 0 saturated heterocycles. The van der Waals surface area contributed by atoms with Crippen LogP contribution in [0.2, 0.25) is 0 Å². The maximum atomic E-state index is 11.2. The van der Waals surface area contributed by atoms with Gasteiger partial charge in [0.2, 0.25) is 0 Å². The summed E-state index contributed by atoms with van der Waals surface area (Å²) in [5.74, 6) is -0.454. The number of fused-ring (bicyclic) bond motifs is 1. The number of carbonyl (C=O) groups excluding carboxylic acids is 1. The van der Waals surface area contributed by atoms with E-state index in [2.05, 4.69) is 20.8 Å². The zero-order chi connectivity index (χ0) is 11.9. The standard InChI is InChI=1S/C13H15NO2/c1-13(2,3)8-4-5-11-9(6-8)10(7-16-11)12(14)15/h4-7H,1-3H3,(H2,14,15). The van der Waals surface area contributed by atoms with Crippen molar-refractivity contribution in [2.75, 3.05) is 0 Å². The van der Waals surface area contributed by atoms with Crippen molar-refractivity contribution in [3.8, 4) is 0 Å². The predicted octanol–water partition coefficient (Wildman–Crippen LogP) is 2.83. The van der Waals surface area contributed by atoms with Crippen LogP contribution >= 0.6 is 0 Å². The number of hydrogen-bond acceptors (Lipinski definition) is 2. The molecule has 1 aromatic carbocycles. The summed E-state index contributed by atoms with van der Waals surface area (Å²) in [6, 6.07) is 5.86. The van der Waals surface area contributed by atoms with Gasteiger partial charge in [-0.3, -0.25) is 4.79 Å². The first-order valence-corrected chi connectivity index (χ1v) is 5.21. The highest BCUT2D eigenvalue weighted by molar-refractivity contribution is 6.05. The molecule has 0 aliphatic carbocycles. The number of primary amides is 1. The lowest BCUT2D eigenvalue weighted by Gasteiger charge is -2.18. The van der Waals surface area contributed by atoms with E-state index in [9.17, 15) is 4.79 Å². The molecule has 0 unspecified atom stereocenters. The van der Waals surface area contributed by atoms with Gasteiger partial charge in [0.05, 0.1) is 5.56 Å². The molecule has 0 saturated carbocycles. The second kappa shape index (κ2) is 3.37. The number of hydrogen-bond donors (Lipinski definition) is 1. The second-order valence-electron chi connectivity index (χ2n) is 4.97. The van der Waals surface area contributed by atoms with Gasteiger partial charge in [0.15, 0.2) is 0 Å². The molecule has 16 heavy (non-hydrogen) atoms. The first-order valence-electron chi connectivity index (χ1n) is 5.21. The van der Waals surface area contributed by atoms with Crippen LogP contribution in [0.25, 0.3) is 11.0 Å². The van der Waals surface area contributed by atoms with Gasteiger partial charge >= 0.3 is 0 Å². The third-order valence-electron chi connectivity index (χ3n) is 2.70. The maximum absolute atomic E-state index is 11.2. The Balaban J connectivity index is 2.68. The minimum Gasteiger partial charge on any atom is -0.463 e. The van der Waals surface area contributed by atoms with Crippen LogP contribution in [0.4, 0.5) is 0 Å². The summed E-state index contributed by atoms with van der Waals surface area (Å²) < 4.78 is 5.28. The molecule has 0 atom stereocenters. The number of carbonyl (C=O) groups is 1. The average molecular weight is 217 g/mol. The molecule has 0 radical (unpaired) electrons. The summed E-state index contributed by atoms with van der Waals surface area (Å²) in [7, 11) is 0. The van der Waals surface area contributed by atoms with Gasteiger partial charge in [-0.25, -0.2) is 0 Å². The summed E-state index contributed by atoms with van der Waals surface area (Å²) >= 11 is 0. The summed E-state index contributed by atoms with van der Waals surface area (Å²) in [6.07, 6.45) is 1.42. The van der Waals surface area contributed by atoms with Crippen LogP contribution in [0, 0.1) is 0 Å². The van der Waals surface area contributed by atoms with Crippen molar-refractivity contribution in [2.45, 2.75) is 26.2 Å². The van der Waals surface area contributed by atoms with Crippen LogP contribution in [0.1, 0.15) is 36.7 Å². The van der Waals surface area contributed by atoms with E-state index in [0.29, 0.717) is 11.1 Å². The topological polar surface area (TPSA) is 56.2 Å². The molecular formula is C13H15NO2. The van der Waals surface area contributed by atoms with Crippen molar-refractivity contribution in [3.63, 3.8) is 0 Å². The quantitative estimate of drug-likeness (QED) is 0.798. The van der Waals surface area contributed by atoms with E-state index < -0.39 is 5.91 Å². The first kappa shape index (κ1) is 10.7. The number of furan rings is 1. The van der Waals surface area contributed by atoms with Crippen LogP contribution in [0.3, 0.4) is 0 Å². The van der Waals surface area contributed by atoms with E-state index in [-0.39, 0.29) is 5.41 Å². The van der Waals surface area contributed by atoms with Crippen molar-refractivity contribution < 1.29 is 9.21 Å². The highest BCUT2D eigenvalue weighted by Gasteiger charge is 2.17. The van der Waals surface area contributed by atoms with Gasteiger partial charge in [-0.1, -0.05) is 26.8 Å². The maximum Gasteiger partial charge on any atom is 0.252 e. The SMILES string of the molecule is CC(C)(C)c1ccc2occ(C(N)=O)c2c1. The van der Waals surface area contributed by atoms with Crippen molar-refractivity contribution in [1.82, 2.24) is 0 Å². The molecular weight excluding hydrogens is 202 g/mol. The average Bonchev–Trinajstić information content (AvgIpc) is 2.58. The Morgan fingerprint density at radius 1 is 1.31 bits per heavy atom. The van der Waals surface area contributed by atoms with E-state index in [0.717, 1.165) is 10.9 Å². The van der Waals surface area contributed by atoms with E-state index in [4.69, 9.17) is 10.2 Å². The van der Waals surface area contributed by atoms with Gasteiger partial charge in [0, 0.05) is 5.39 Å². The van der Waals surface area contributed by atoms with Crippen LogP contribution in [-0.2, 0) is 5.41 Å². The molecule has 0 aliphatic heterocycles. The lowest BCUT2D eigenvalue weighted by atomic mass is 9.86. The van der Waals surface area contributed by atoms with Crippen molar-refractivity contribution in [2.24, 2.45) is 5.73 Å². The Bertz CT molecular complexity index is 547. The van der Waals surface area contributed by atoms with Crippen molar-refractivity contribution in [1.29, 1.82) is 0 Å². The molecule has 0 spiro atoms. The van der Waals surface area contributed by atoms with E-state index in [1.165, 1.54) is 6.26 Å². The van der Waals surface area contributed by atoms with Gasteiger partial charge in [-0.15, -0.1) is 0 Å². The fourth-order valence-electron chi connectivity index (χ4n) is 1.69. The van der Waals surface area contributed by atoms with Crippen LogP contribution in [-0.4, -0.2) is 5.91 Å². The van der Waals surface area contributed by atoms with Gasteiger partial charge in [0.25, 0.3) is 5.91 Å². The van der Waals surface area contributed by atoms with Gasteiger partial charge in [-0.05, 0) is 23.1 Å². The molecule has 1 aromatic heterocycles. The molecule has 2 rings (SSSR count). The zero-order valence-corrected chi connectivity index (χ0v) is 9.70. The van der Waals surface area contributed by atoms with Gasteiger partial charge in [0.1, 0.15) is 11.8 Å². The summed E-state index contributed by atoms with van der Waals surface area (Å²) in [5, 5.41) is 0.792. The van der Waals surface area contributed by atoms with E-state index in [1.807, 2.05) is 18.2 Å². The molecule has 1 heterocycles. The monoisotopic (exact) mass is 217 g/mol. The first-order chi connectivity index (χ1) is 7.39. The summed E-state index contributed by atoms with van der Waals surface area (Å²) in [4.78, 5) is 11.2. The molecule has 1 amide bonds. The third kappa shape index (κ3) is 1.69. The Hall–Kier alpha value is -1.77. The Morgan fingerprint density at radius 2 is 2.00 bits per heavy atom. The van der Waals surface area contributed by atoms with E-state index >= 15 is 0 Å². The predicted molar refractivity (Wildman–Crippen MR) is 63.4 cm³/mol. The minimum atomic E-state index is -0.454. The minimum absolute atomic E-state index is 0.0420. The second-order valence-corrected chi connectivity index (χ2v) is 4.97. The van der Waals surface area contributed by atoms with Crippen LogP contribution < -0.4 is 5.73 Å². The number of nitrogens with two attached hydrogens (primary N) is 1. The molecule has 2 aromatic rings. The lowest BCUT2D eigenvalue weighted by molar-refractivity contribution is 0.100. The number of benzene rings is 1.